The topological polar surface area (TPSA) is 29.5 Å². The molecule has 0 saturated heterocycles. The number of benzene rings is 1. The van der Waals surface area contributed by atoms with Crippen molar-refractivity contribution in [3.63, 3.8) is 0 Å². The molecular weight excluding hydrogens is 231 g/mol. The Morgan fingerprint density at radius 3 is 2.59 bits per heavy atom. The van der Waals surface area contributed by atoms with Crippen LogP contribution in [0.5, 0.6) is 0 Å². The maximum Gasteiger partial charge on any atom is 0.0817 e. The van der Waals surface area contributed by atoms with Gasteiger partial charge in [-0.15, -0.1) is 6.58 Å². The molecule has 0 amide bonds. The molecule has 3 heteroatoms. The van der Waals surface area contributed by atoms with E-state index >= 15 is 0 Å². The van der Waals surface area contributed by atoms with Crippen molar-refractivity contribution >= 4 is 9.47 Å². The molecule has 3 unspecified atom stereocenters. The standard InChI is InChI=1S/C14H21O2P/c1-3-14(16-17)11(2)10-13-7-5-4-6-12(13)8-9-15/h3-7,11,14-15H,1,8-10,17H2,2H3. The van der Waals surface area contributed by atoms with Gasteiger partial charge in [0.25, 0.3) is 0 Å². The predicted octanol–water partition coefficient (Wildman–Crippen LogP) is 2.76. The summed E-state index contributed by atoms with van der Waals surface area (Å²) in [5, 5.41) is 9.04. The fourth-order valence-electron chi connectivity index (χ4n) is 2.01. The molecule has 0 aromatic heterocycles. The highest BCUT2D eigenvalue weighted by Crippen LogP contribution is 2.20. The molecule has 1 aromatic carbocycles. The molecule has 1 rings (SSSR count). The second-order valence-corrected chi connectivity index (χ2v) is 4.53. The van der Waals surface area contributed by atoms with Crippen LogP contribution in [0.15, 0.2) is 36.9 Å². The lowest BCUT2D eigenvalue weighted by Gasteiger charge is -2.20. The Kier molecular flexibility index (Phi) is 6.43. The van der Waals surface area contributed by atoms with Crippen molar-refractivity contribution < 1.29 is 9.63 Å². The molecule has 3 atom stereocenters. The summed E-state index contributed by atoms with van der Waals surface area (Å²) in [5.74, 6) is 0.366. The van der Waals surface area contributed by atoms with E-state index in [1.54, 1.807) is 0 Å². The second kappa shape index (κ2) is 7.60. The van der Waals surface area contributed by atoms with Gasteiger partial charge in [-0.05, 0) is 29.9 Å². The van der Waals surface area contributed by atoms with Crippen LogP contribution in [0.3, 0.4) is 0 Å². The van der Waals surface area contributed by atoms with E-state index in [1.807, 2.05) is 18.2 Å². The maximum atomic E-state index is 9.04. The zero-order valence-electron chi connectivity index (χ0n) is 10.3. The molecule has 1 aromatic rings. The third kappa shape index (κ3) is 4.23. The molecule has 0 bridgehead atoms. The Morgan fingerprint density at radius 1 is 1.41 bits per heavy atom. The van der Waals surface area contributed by atoms with Gasteiger partial charge in [0.1, 0.15) is 0 Å². The first-order valence-electron chi connectivity index (χ1n) is 5.88. The lowest BCUT2D eigenvalue weighted by molar-refractivity contribution is 0.220. The number of aliphatic hydroxyl groups is 1. The van der Waals surface area contributed by atoms with Gasteiger partial charge in [0, 0.05) is 16.1 Å². The van der Waals surface area contributed by atoms with Crippen LogP contribution in [-0.4, -0.2) is 17.8 Å². The minimum absolute atomic E-state index is 0.0437. The van der Waals surface area contributed by atoms with Crippen LogP contribution in [0.1, 0.15) is 18.1 Å². The van der Waals surface area contributed by atoms with Gasteiger partial charge in [-0.1, -0.05) is 37.3 Å². The van der Waals surface area contributed by atoms with Gasteiger partial charge < -0.3 is 9.63 Å². The Bertz CT molecular complexity index is 352. The van der Waals surface area contributed by atoms with Gasteiger partial charge in [0.15, 0.2) is 0 Å². The number of hydrogen-bond donors (Lipinski definition) is 1. The van der Waals surface area contributed by atoms with Crippen LogP contribution >= 0.6 is 9.47 Å². The predicted molar refractivity (Wildman–Crippen MR) is 74.9 cm³/mol. The normalized spacial score (nSPS) is 14.3. The molecule has 17 heavy (non-hydrogen) atoms. The van der Waals surface area contributed by atoms with E-state index in [-0.39, 0.29) is 12.7 Å². The first-order valence-corrected chi connectivity index (χ1v) is 6.35. The fraction of sp³-hybridized carbons (Fsp3) is 0.429. The van der Waals surface area contributed by atoms with Crippen molar-refractivity contribution in [1.29, 1.82) is 0 Å². The molecule has 0 saturated carbocycles. The average Bonchev–Trinajstić information content (AvgIpc) is 2.33. The fourth-order valence-corrected chi connectivity index (χ4v) is 2.39. The van der Waals surface area contributed by atoms with E-state index in [0.29, 0.717) is 12.3 Å². The molecule has 2 nitrogen and oxygen atoms in total. The zero-order valence-corrected chi connectivity index (χ0v) is 11.5. The highest BCUT2D eigenvalue weighted by molar-refractivity contribution is 7.09. The minimum Gasteiger partial charge on any atom is -0.396 e. The summed E-state index contributed by atoms with van der Waals surface area (Å²) in [6, 6.07) is 8.23. The van der Waals surface area contributed by atoms with Crippen LogP contribution in [0.25, 0.3) is 0 Å². The molecule has 94 valence electrons. The van der Waals surface area contributed by atoms with E-state index < -0.39 is 0 Å². The van der Waals surface area contributed by atoms with Crippen molar-refractivity contribution in [2.45, 2.75) is 25.9 Å². The monoisotopic (exact) mass is 252 g/mol. The van der Waals surface area contributed by atoms with Crippen LogP contribution in [0, 0.1) is 5.92 Å². The quantitative estimate of drug-likeness (QED) is 0.597. The SMILES string of the molecule is C=CC(OP)C(C)Cc1ccccc1CCO. The molecule has 0 radical (unpaired) electrons. The smallest absolute Gasteiger partial charge is 0.0817 e. The number of aliphatic hydroxyl groups excluding tert-OH is 1. The Hall–Kier alpha value is -0.690. The molecule has 0 fully saturated rings. The highest BCUT2D eigenvalue weighted by atomic mass is 31.0. The average molecular weight is 252 g/mol. The lowest BCUT2D eigenvalue weighted by Crippen LogP contribution is -2.18. The van der Waals surface area contributed by atoms with E-state index in [2.05, 4.69) is 35.1 Å². The van der Waals surface area contributed by atoms with Crippen LogP contribution in [-0.2, 0) is 17.4 Å². The summed E-state index contributed by atoms with van der Waals surface area (Å²) in [6.45, 7) is 6.11. The molecular formula is C14H21O2P. The first kappa shape index (κ1) is 14.4. The maximum absolute atomic E-state index is 9.04. The summed E-state index contributed by atoms with van der Waals surface area (Å²) < 4.78 is 5.28. The van der Waals surface area contributed by atoms with Crippen molar-refractivity contribution in [1.82, 2.24) is 0 Å². The third-order valence-corrected chi connectivity index (χ3v) is 3.31. The van der Waals surface area contributed by atoms with E-state index in [0.717, 1.165) is 6.42 Å². The Balaban J connectivity index is 2.76. The summed E-state index contributed by atoms with van der Waals surface area (Å²) in [4.78, 5) is 0. The van der Waals surface area contributed by atoms with Crippen molar-refractivity contribution in [2.75, 3.05) is 6.61 Å². The largest absolute Gasteiger partial charge is 0.396 e. The molecule has 0 aliphatic carbocycles. The number of rotatable bonds is 7. The molecule has 0 aliphatic rings. The zero-order chi connectivity index (χ0) is 12.7. The summed E-state index contributed by atoms with van der Waals surface area (Å²) in [6.07, 6.45) is 3.51. The summed E-state index contributed by atoms with van der Waals surface area (Å²) in [7, 11) is 2.30. The number of hydrogen-bond acceptors (Lipinski definition) is 2. The van der Waals surface area contributed by atoms with Gasteiger partial charge in [0.2, 0.25) is 0 Å². The van der Waals surface area contributed by atoms with E-state index in [1.165, 1.54) is 11.1 Å². The van der Waals surface area contributed by atoms with Crippen molar-refractivity contribution in [2.24, 2.45) is 5.92 Å². The Morgan fingerprint density at radius 2 is 2.06 bits per heavy atom. The minimum atomic E-state index is 0.0437. The van der Waals surface area contributed by atoms with Gasteiger partial charge in [-0.25, -0.2) is 0 Å². The van der Waals surface area contributed by atoms with E-state index in [4.69, 9.17) is 9.63 Å². The summed E-state index contributed by atoms with van der Waals surface area (Å²) in [5.41, 5.74) is 2.50. The lowest BCUT2D eigenvalue weighted by atomic mass is 9.92. The van der Waals surface area contributed by atoms with Crippen molar-refractivity contribution in [3.8, 4) is 0 Å². The van der Waals surface area contributed by atoms with Crippen LogP contribution in [0.2, 0.25) is 0 Å². The van der Waals surface area contributed by atoms with Crippen LogP contribution < -0.4 is 0 Å². The highest BCUT2D eigenvalue weighted by Gasteiger charge is 2.15. The van der Waals surface area contributed by atoms with E-state index in [9.17, 15) is 0 Å². The molecule has 0 spiro atoms. The van der Waals surface area contributed by atoms with Crippen molar-refractivity contribution in [3.05, 3.63) is 48.0 Å². The third-order valence-electron chi connectivity index (χ3n) is 2.99. The van der Waals surface area contributed by atoms with Gasteiger partial charge in [-0.3, -0.25) is 0 Å². The second-order valence-electron chi connectivity index (χ2n) is 4.26. The van der Waals surface area contributed by atoms with Gasteiger partial charge in [-0.2, -0.15) is 0 Å². The molecule has 0 aliphatic heterocycles. The molecule has 1 N–H and O–H groups in total. The van der Waals surface area contributed by atoms with Gasteiger partial charge in [0.05, 0.1) is 6.10 Å². The molecule has 0 heterocycles. The van der Waals surface area contributed by atoms with Crippen LogP contribution in [0.4, 0.5) is 0 Å². The van der Waals surface area contributed by atoms with Gasteiger partial charge >= 0.3 is 0 Å². The first-order chi connectivity index (χ1) is 8.22. The summed E-state index contributed by atoms with van der Waals surface area (Å²) >= 11 is 0. The Labute approximate surface area is 106 Å².